The molecule has 1 amide bonds. The minimum atomic E-state index is -3.52. The maximum absolute atomic E-state index is 12.7. The number of rotatable bonds is 6. The highest BCUT2D eigenvalue weighted by Gasteiger charge is 2.31. The average Bonchev–Trinajstić information content (AvgIpc) is 2.70. The van der Waals surface area contributed by atoms with E-state index in [0.29, 0.717) is 29.1 Å². The second kappa shape index (κ2) is 8.94. The van der Waals surface area contributed by atoms with Gasteiger partial charge >= 0.3 is 5.97 Å². The Kier molecular flexibility index (Phi) is 6.56. The van der Waals surface area contributed by atoms with Crippen LogP contribution < -0.4 is 5.32 Å². The summed E-state index contributed by atoms with van der Waals surface area (Å²) in [5, 5.41) is 12.1. The van der Waals surface area contributed by atoms with Gasteiger partial charge in [0.1, 0.15) is 0 Å². The first-order valence-corrected chi connectivity index (χ1v) is 11.1. The molecule has 3 rings (SSSR count). The lowest BCUT2D eigenvalue weighted by molar-refractivity contribution is -0.120. The van der Waals surface area contributed by atoms with E-state index in [1.807, 2.05) is 0 Å². The Bertz CT molecular complexity index is 1000. The highest BCUT2D eigenvalue weighted by atomic mass is 35.5. The molecule has 1 aliphatic heterocycles. The van der Waals surface area contributed by atoms with Crippen LogP contribution in [0.25, 0.3) is 0 Å². The first kappa shape index (κ1) is 21.3. The lowest BCUT2D eigenvalue weighted by atomic mass is 9.97. The maximum Gasteiger partial charge on any atom is 0.335 e. The molecule has 29 heavy (non-hydrogen) atoms. The monoisotopic (exact) mass is 436 g/mol. The van der Waals surface area contributed by atoms with Gasteiger partial charge in [-0.2, -0.15) is 0 Å². The lowest BCUT2D eigenvalue weighted by Gasteiger charge is -2.30. The predicted molar refractivity (Wildman–Crippen MR) is 110 cm³/mol. The summed E-state index contributed by atoms with van der Waals surface area (Å²) in [5.41, 5.74) is 1.20. The molecule has 1 heterocycles. The summed E-state index contributed by atoms with van der Waals surface area (Å²) in [5.74, 6) is -1.70. The van der Waals surface area contributed by atoms with Crippen molar-refractivity contribution in [3.05, 3.63) is 64.7 Å². The van der Waals surface area contributed by atoms with Crippen LogP contribution in [0.5, 0.6) is 0 Å². The molecule has 0 bridgehead atoms. The largest absolute Gasteiger partial charge is 0.478 e. The van der Waals surface area contributed by atoms with Crippen LogP contribution in [0.1, 0.15) is 28.8 Å². The first-order chi connectivity index (χ1) is 13.8. The molecule has 2 N–H and O–H groups in total. The summed E-state index contributed by atoms with van der Waals surface area (Å²) in [6.07, 6.45) is 0.835. The van der Waals surface area contributed by atoms with Crippen molar-refractivity contribution in [3.63, 3.8) is 0 Å². The molecular formula is C20H21ClN2O5S. The predicted octanol–water partition coefficient (Wildman–Crippen LogP) is 3.22. The maximum atomic E-state index is 12.7. The van der Waals surface area contributed by atoms with Gasteiger partial charge in [-0.3, -0.25) is 4.79 Å². The van der Waals surface area contributed by atoms with Crippen molar-refractivity contribution in [2.75, 3.05) is 18.4 Å². The van der Waals surface area contributed by atoms with Gasteiger partial charge in [-0.05, 0) is 48.7 Å². The molecule has 0 radical (unpaired) electrons. The third-order valence-corrected chi connectivity index (χ3v) is 7.11. The molecule has 2 aromatic rings. The van der Waals surface area contributed by atoms with Gasteiger partial charge < -0.3 is 10.4 Å². The van der Waals surface area contributed by atoms with E-state index < -0.39 is 16.0 Å². The molecule has 9 heteroatoms. The molecular weight excluding hydrogens is 416 g/mol. The minimum Gasteiger partial charge on any atom is -0.478 e. The van der Waals surface area contributed by atoms with Crippen LogP contribution in [-0.2, 0) is 20.6 Å². The Morgan fingerprint density at radius 2 is 1.69 bits per heavy atom. The molecule has 0 saturated carbocycles. The lowest BCUT2D eigenvalue weighted by Crippen LogP contribution is -2.41. The number of aromatic carboxylic acids is 1. The molecule has 0 aliphatic carbocycles. The van der Waals surface area contributed by atoms with Crippen LogP contribution in [0.3, 0.4) is 0 Å². The number of sulfonamides is 1. The number of nitrogens with one attached hydrogen (secondary N) is 1. The molecule has 154 valence electrons. The van der Waals surface area contributed by atoms with Crippen molar-refractivity contribution in [2.24, 2.45) is 5.92 Å². The molecule has 1 aliphatic rings. The van der Waals surface area contributed by atoms with Crippen molar-refractivity contribution < 1.29 is 23.1 Å². The van der Waals surface area contributed by atoms with E-state index in [9.17, 15) is 18.0 Å². The van der Waals surface area contributed by atoms with Crippen molar-refractivity contribution >= 4 is 39.2 Å². The Hall–Kier alpha value is -2.42. The van der Waals surface area contributed by atoms with Crippen molar-refractivity contribution in [1.29, 1.82) is 0 Å². The van der Waals surface area contributed by atoms with E-state index in [-0.39, 0.29) is 36.2 Å². The summed E-state index contributed by atoms with van der Waals surface area (Å²) in [6, 6.07) is 12.7. The van der Waals surface area contributed by atoms with Gasteiger partial charge in [0.25, 0.3) is 0 Å². The van der Waals surface area contributed by atoms with E-state index in [1.54, 1.807) is 24.3 Å². The number of benzene rings is 2. The highest BCUT2D eigenvalue weighted by Crippen LogP contribution is 2.25. The number of carbonyl (C=O) groups excluding carboxylic acids is 1. The van der Waals surface area contributed by atoms with Gasteiger partial charge in [-0.25, -0.2) is 17.5 Å². The topological polar surface area (TPSA) is 104 Å². The number of hydrogen-bond donors (Lipinski definition) is 2. The van der Waals surface area contributed by atoms with Crippen molar-refractivity contribution in [1.82, 2.24) is 4.31 Å². The number of carboxylic acid groups (broad SMARTS) is 1. The zero-order chi connectivity index (χ0) is 21.0. The molecule has 0 aromatic heterocycles. The number of carboxylic acids is 1. The SMILES string of the molecule is O=C(O)c1ccc(NC(=O)C2CCN(S(=O)(=O)Cc3ccccc3Cl)CC2)cc1. The number of piperidine rings is 1. The van der Waals surface area contributed by atoms with Crippen LogP contribution in [0.4, 0.5) is 5.69 Å². The van der Waals surface area contributed by atoms with Gasteiger partial charge in [0, 0.05) is 29.7 Å². The molecule has 0 unspecified atom stereocenters. The summed E-state index contributed by atoms with van der Waals surface area (Å²) >= 11 is 6.07. The Labute approximate surface area is 174 Å². The molecule has 1 saturated heterocycles. The van der Waals surface area contributed by atoms with Gasteiger partial charge in [-0.1, -0.05) is 29.8 Å². The smallest absolute Gasteiger partial charge is 0.335 e. The fraction of sp³-hybridized carbons (Fsp3) is 0.300. The second-order valence-corrected chi connectivity index (χ2v) is 9.27. The van der Waals surface area contributed by atoms with E-state index >= 15 is 0 Å². The standard InChI is InChI=1S/C20H21ClN2O5S/c21-18-4-2-1-3-16(18)13-29(27,28)23-11-9-14(10-12-23)19(24)22-17-7-5-15(6-8-17)20(25)26/h1-8,14H,9-13H2,(H,22,24)(H,25,26). The second-order valence-electron chi connectivity index (χ2n) is 6.89. The number of halogens is 1. The van der Waals surface area contributed by atoms with Crippen molar-refractivity contribution in [3.8, 4) is 0 Å². The van der Waals surface area contributed by atoms with E-state index in [1.165, 1.54) is 28.6 Å². The summed E-state index contributed by atoms with van der Waals surface area (Å²) in [7, 11) is -3.52. The van der Waals surface area contributed by atoms with Gasteiger partial charge in [0.05, 0.1) is 11.3 Å². The van der Waals surface area contributed by atoms with Gasteiger partial charge in [-0.15, -0.1) is 0 Å². The summed E-state index contributed by atoms with van der Waals surface area (Å²) in [6.45, 7) is 0.533. The third kappa shape index (κ3) is 5.35. The fourth-order valence-corrected chi connectivity index (χ4v) is 5.12. The van der Waals surface area contributed by atoms with Crippen molar-refractivity contribution in [2.45, 2.75) is 18.6 Å². The molecule has 7 nitrogen and oxygen atoms in total. The van der Waals surface area contributed by atoms with E-state index in [2.05, 4.69) is 5.32 Å². The minimum absolute atomic E-state index is 0.139. The molecule has 1 fully saturated rings. The Balaban J connectivity index is 1.56. The van der Waals surface area contributed by atoms with Crippen LogP contribution in [-0.4, -0.2) is 42.8 Å². The van der Waals surface area contributed by atoms with Gasteiger partial charge in [0.2, 0.25) is 15.9 Å². The number of nitrogens with zero attached hydrogens (tertiary/aromatic N) is 1. The first-order valence-electron chi connectivity index (χ1n) is 9.12. The quantitative estimate of drug-likeness (QED) is 0.723. The van der Waals surface area contributed by atoms with Crippen LogP contribution in [0, 0.1) is 5.92 Å². The van der Waals surface area contributed by atoms with E-state index in [0.717, 1.165) is 0 Å². The number of carbonyl (C=O) groups is 2. The fourth-order valence-electron chi connectivity index (χ4n) is 3.24. The third-order valence-electron chi connectivity index (χ3n) is 4.91. The average molecular weight is 437 g/mol. The number of amides is 1. The molecule has 0 spiro atoms. The normalized spacial score (nSPS) is 15.8. The molecule has 2 aromatic carbocycles. The van der Waals surface area contributed by atoms with Gasteiger partial charge in [0.15, 0.2) is 0 Å². The summed E-state index contributed by atoms with van der Waals surface area (Å²) < 4.78 is 26.8. The zero-order valence-electron chi connectivity index (χ0n) is 15.5. The van der Waals surface area contributed by atoms with Crippen LogP contribution in [0.2, 0.25) is 5.02 Å². The number of hydrogen-bond acceptors (Lipinski definition) is 4. The Morgan fingerprint density at radius 1 is 1.07 bits per heavy atom. The Morgan fingerprint density at radius 3 is 2.28 bits per heavy atom. The zero-order valence-corrected chi connectivity index (χ0v) is 17.1. The van der Waals surface area contributed by atoms with E-state index in [4.69, 9.17) is 16.7 Å². The number of anilines is 1. The molecule has 0 atom stereocenters. The summed E-state index contributed by atoms with van der Waals surface area (Å²) in [4.78, 5) is 23.3. The van der Waals surface area contributed by atoms with Crippen LogP contribution >= 0.6 is 11.6 Å². The van der Waals surface area contributed by atoms with Crippen LogP contribution in [0.15, 0.2) is 48.5 Å². The highest BCUT2D eigenvalue weighted by molar-refractivity contribution is 7.88.